The highest BCUT2D eigenvalue weighted by atomic mass is 32.2. The highest BCUT2D eigenvalue weighted by Crippen LogP contribution is 2.31. The number of carbonyl (C=O) groups is 8. The first-order valence-electron chi connectivity index (χ1n) is 29.0. The molecule has 0 unspecified atom stereocenters. The summed E-state index contributed by atoms with van der Waals surface area (Å²) in [6.45, 7) is 5.74. The molecule has 0 spiro atoms. The molecule has 0 saturated carbocycles. The van der Waals surface area contributed by atoms with Crippen LogP contribution in [-0.2, 0) is 50.1 Å². The van der Waals surface area contributed by atoms with Crippen molar-refractivity contribution in [3.63, 3.8) is 0 Å². The van der Waals surface area contributed by atoms with E-state index in [1.54, 1.807) is 106 Å². The molecular formula is C70H64N6O13S. The van der Waals surface area contributed by atoms with Crippen molar-refractivity contribution < 1.29 is 61.7 Å². The van der Waals surface area contributed by atoms with E-state index in [-0.39, 0.29) is 36.3 Å². The van der Waals surface area contributed by atoms with Gasteiger partial charge in [0.15, 0.2) is 0 Å². The van der Waals surface area contributed by atoms with Gasteiger partial charge in [0.25, 0.3) is 17.7 Å². The molecule has 20 heteroatoms. The summed E-state index contributed by atoms with van der Waals surface area (Å²) in [7, 11) is -4.10. The van der Waals surface area contributed by atoms with E-state index in [1.807, 2.05) is 121 Å². The Morgan fingerprint density at radius 1 is 0.467 bits per heavy atom. The lowest BCUT2D eigenvalue weighted by molar-refractivity contribution is -0.160. The molecule has 0 aromatic heterocycles. The first-order chi connectivity index (χ1) is 43.1. The number of carboxylic acids is 2. The van der Waals surface area contributed by atoms with Crippen molar-refractivity contribution in [2.45, 2.75) is 55.9 Å². The molecule has 19 nitrogen and oxygen atoms in total. The van der Waals surface area contributed by atoms with Crippen LogP contribution in [0.15, 0.2) is 223 Å². The average molecular weight is 1230 g/mol. The predicted molar refractivity (Wildman–Crippen MR) is 339 cm³/mol. The fourth-order valence-corrected chi connectivity index (χ4v) is 12.3. The third-order valence-electron chi connectivity index (χ3n) is 15.6. The number of ether oxygens (including phenoxy) is 1. The number of hydrogen-bond acceptors (Lipinski definition) is 11. The second-order valence-corrected chi connectivity index (χ2v) is 24.7. The summed E-state index contributed by atoms with van der Waals surface area (Å²) in [4.78, 5) is 105. The van der Waals surface area contributed by atoms with Crippen molar-refractivity contribution in [3.05, 3.63) is 235 Å². The van der Waals surface area contributed by atoms with Crippen molar-refractivity contribution >= 4 is 101 Å². The average Bonchev–Trinajstić information content (AvgIpc) is 1.76. The summed E-state index contributed by atoms with van der Waals surface area (Å²) in [6.07, 6.45) is 0. The largest absolute Gasteiger partial charge is 0.481 e. The zero-order valence-electron chi connectivity index (χ0n) is 49.2. The van der Waals surface area contributed by atoms with E-state index in [2.05, 4.69) is 15.4 Å². The number of esters is 1. The van der Waals surface area contributed by atoms with Crippen LogP contribution >= 0.6 is 0 Å². The Balaban J connectivity index is 0.000000149. The molecule has 458 valence electrons. The molecule has 6 atom stereocenters. The maximum Gasteiger partial charge on any atom is 0.313 e. The number of hydrogen-bond donors (Lipinski definition) is 5. The predicted octanol–water partition coefficient (Wildman–Crippen LogP) is 8.86. The fraction of sp³-hybridized carbons (Fsp3) is 0.200. The van der Waals surface area contributed by atoms with Crippen molar-refractivity contribution in [2.75, 3.05) is 29.4 Å². The topological polar surface area (TPSA) is 266 Å². The maximum atomic E-state index is 13.3. The smallest absolute Gasteiger partial charge is 0.313 e. The minimum atomic E-state index is -4.10. The highest BCUT2D eigenvalue weighted by molar-refractivity contribution is 7.89. The summed E-state index contributed by atoms with van der Waals surface area (Å²) in [5.41, 5.74) is 2.23. The van der Waals surface area contributed by atoms with Gasteiger partial charge in [0.05, 0.1) is 10.8 Å². The fourth-order valence-electron chi connectivity index (χ4n) is 11.1. The first kappa shape index (κ1) is 62.5. The quantitative estimate of drug-likeness (QED) is 0.0638. The van der Waals surface area contributed by atoms with E-state index in [1.165, 1.54) is 26.8 Å². The number of nitrogens with one attached hydrogen (secondary N) is 3. The summed E-state index contributed by atoms with van der Waals surface area (Å²) in [5, 5.41) is 30.0. The third kappa shape index (κ3) is 14.4. The number of nitrogens with zero attached hydrogens (tertiary/aromatic N) is 3. The lowest BCUT2D eigenvalue weighted by Gasteiger charge is -2.24. The number of fused-ring (bicyclic) bond motifs is 3. The van der Waals surface area contributed by atoms with E-state index in [4.69, 9.17) is 4.74 Å². The summed E-state index contributed by atoms with van der Waals surface area (Å²) in [5.74, 6) is -8.00. The van der Waals surface area contributed by atoms with Gasteiger partial charge in [-0.1, -0.05) is 158 Å². The molecule has 0 radical (unpaired) electrons. The van der Waals surface area contributed by atoms with Crippen molar-refractivity contribution in [1.82, 2.24) is 20.3 Å². The second kappa shape index (κ2) is 26.8. The first-order valence-corrected chi connectivity index (χ1v) is 30.5. The third-order valence-corrected chi connectivity index (χ3v) is 17.1. The van der Waals surface area contributed by atoms with E-state index in [9.17, 15) is 57.0 Å². The molecule has 3 aliphatic rings. The van der Waals surface area contributed by atoms with Crippen LogP contribution in [0.3, 0.4) is 0 Å². The number of para-hydroxylation sites is 2. The van der Waals surface area contributed by atoms with Gasteiger partial charge in [0.2, 0.25) is 21.8 Å². The molecule has 5 N–H and O–H groups in total. The van der Waals surface area contributed by atoms with E-state index < -0.39 is 87.1 Å². The molecule has 9 aromatic rings. The maximum absolute atomic E-state index is 13.3. The standard InChI is InChI=1S/C26H26N2O4.C23H20N2O4.C21H18N2O5S/c1-26(2,3)32-25(31)21-16-28(20-11-5-4-6-12-20)24(30)22(21)27-23(29)19-14-13-17-9-7-8-10-18(17)15-19;26-21(18-11-10-16-8-4-5-9-17(16)12-18)24-20-19(23(28)29)14-25(22(20)27)13-15-6-2-1-3-7-15;24-20-19(18(21(25)26)13-23(20)16-8-2-1-3-9-16)22-29(27,28)17-11-10-14-6-4-5-7-15(14)12-17/h4-15,21-22H,16H2,1-3H3,(H,27,29);1-12,19-20H,13-14H2,(H,24,26)(H,28,29);1-12,18-19,22H,13H2,(H,25,26)/t21-,22-;19-,20-;18-,19-/m000/s1. The molecule has 5 amide bonds. The number of rotatable bonds is 14. The van der Waals surface area contributed by atoms with Crippen LogP contribution in [-0.4, -0.2) is 114 Å². The van der Waals surface area contributed by atoms with Crippen molar-refractivity contribution in [3.8, 4) is 0 Å². The van der Waals surface area contributed by atoms with E-state index in [0.29, 0.717) is 29.0 Å². The number of anilines is 2. The Morgan fingerprint density at radius 3 is 1.32 bits per heavy atom. The molecule has 90 heavy (non-hydrogen) atoms. The number of aliphatic carboxylic acids is 2. The Hall–Kier alpha value is -10.6. The Morgan fingerprint density at radius 2 is 0.856 bits per heavy atom. The van der Waals surface area contributed by atoms with Gasteiger partial charge in [-0.05, 0) is 119 Å². The van der Waals surface area contributed by atoms with Crippen LogP contribution in [0.1, 0.15) is 47.1 Å². The van der Waals surface area contributed by atoms with Crippen LogP contribution in [0.25, 0.3) is 32.3 Å². The molecule has 0 aliphatic carbocycles. The molecule has 12 rings (SSSR count). The van der Waals surface area contributed by atoms with Crippen molar-refractivity contribution in [2.24, 2.45) is 17.8 Å². The number of carboxylic acid groups (broad SMARTS) is 2. The van der Waals surface area contributed by atoms with Crippen LogP contribution in [0, 0.1) is 17.8 Å². The van der Waals surface area contributed by atoms with Crippen LogP contribution in [0.4, 0.5) is 11.4 Å². The number of carbonyl (C=O) groups excluding carboxylic acids is 6. The molecule has 3 fully saturated rings. The van der Waals surface area contributed by atoms with Gasteiger partial charge in [-0.2, -0.15) is 4.72 Å². The van der Waals surface area contributed by atoms with Gasteiger partial charge in [-0.25, -0.2) is 8.42 Å². The highest BCUT2D eigenvalue weighted by Gasteiger charge is 2.49. The van der Waals surface area contributed by atoms with Gasteiger partial charge in [0, 0.05) is 48.7 Å². The Bertz CT molecular complexity index is 4320. The van der Waals surface area contributed by atoms with Crippen LogP contribution in [0.2, 0.25) is 0 Å². The lowest BCUT2D eigenvalue weighted by Crippen LogP contribution is -2.47. The molecule has 3 heterocycles. The van der Waals surface area contributed by atoms with Crippen molar-refractivity contribution in [1.29, 1.82) is 0 Å². The Labute approximate surface area is 518 Å². The number of amides is 5. The minimum absolute atomic E-state index is 0.0219. The molecule has 0 bridgehead atoms. The van der Waals surface area contributed by atoms with Crippen LogP contribution < -0.4 is 25.2 Å². The van der Waals surface area contributed by atoms with Gasteiger partial charge in [0.1, 0.15) is 35.6 Å². The van der Waals surface area contributed by atoms with Gasteiger partial charge >= 0.3 is 17.9 Å². The van der Waals surface area contributed by atoms with Crippen LogP contribution in [0.5, 0.6) is 0 Å². The monoisotopic (exact) mass is 1230 g/mol. The normalized spacial score (nSPS) is 19.0. The molecular weight excluding hydrogens is 1160 g/mol. The molecule has 3 saturated heterocycles. The molecule has 9 aromatic carbocycles. The van der Waals surface area contributed by atoms with Gasteiger partial charge in [-0.3, -0.25) is 38.4 Å². The van der Waals surface area contributed by atoms with Gasteiger partial charge in [-0.15, -0.1) is 0 Å². The zero-order valence-corrected chi connectivity index (χ0v) is 50.0. The summed E-state index contributed by atoms with van der Waals surface area (Å²) >= 11 is 0. The van der Waals surface area contributed by atoms with E-state index in [0.717, 1.165) is 37.9 Å². The summed E-state index contributed by atoms with van der Waals surface area (Å²) < 4.78 is 33.7. The number of benzene rings is 9. The Kier molecular flexibility index (Phi) is 18.6. The van der Waals surface area contributed by atoms with Gasteiger partial charge < -0.3 is 40.3 Å². The molecule has 3 aliphatic heterocycles. The minimum Gasteiger partial charge on any atom is -0.481 e. The summed E-state index contributed by atoms with van der Waals surface area (Å²) in [6, 6.07) is 61.4. The second-order valence-electron chi connectivity index (χ2n) is 22.9. The van der Waals surface area contributed by atoms with E-state index >= 15 is 0 Å². The lowest BCUT2D eigenvalue weighted by atomic mass is 10.0. The number of likely N-dealkylation sites (tertiary alicyclic amines) is 1. The SMILES string of the molecule is CC(C)(C)OC(=O)[C@H]1CN(c2ccccc2)C(=O)[C@H]1NC(=O)c1ccc2ccccc2c1.O=C(N[C@@H]1C(=O)N(Cc2ccccc2)C[C@@H]1C(=O)O)c1ccc2ccccc2c1.O=C(O)[C@H]1CN(c2ccccc2)C(=O)[C@H]1NS(=O)(=O)c1ccc2ccccc2c1. The zero-order chi connectivity index (χ0) is 63.9. The number of sulfonamides is 1.